The molecule has 138 valence electrons. The van der Waals surface area contributed by atoms with Gasteiger partial charge in [0, 0.05) is 17.2 Å². The average Bonchev–Trinajstić information content (AvgIpc) is 2.95. The van der Waals surface area contributed by atoms with Gasteiger partial charge in [0.1, 0.15) is 0 Å². The van der Waals surface area contributed by atoms with E-state index in [1.165, 1.54) is 11.6 Å². The zero-order valence-electron chi connectivity index (χ0n) is 15.6. The van der Waals surface area contributed by atoms with Crippen LogP contribution in [0.3, 0.4) is 0 Å². The minimum atomic E-state index is -0.573. The fourth-order valence-corrected chi connectivity index (χ4v) is 2.81. The number of rotatable bonds is 3. The third kappa shape index (κ3) is 3.79. The number of hydrogen-bond donors (Lipinski definition) is 0. The summed E-state index contributed by atoms with van der Waals surface area (Å²) in [4.78, 5) is 27.1. The Morgan fingerprint density at radius 2 is 1.78 bits per heavy atom. The summed E-state index contributed by atoms with van der Waals surface area (Å²) in [5.74, 6) is -0.491. The normalized spacial score (nSPS) is 15.6. The number of esters is 1. The molecule has 27 heavy (non-hydrogen) atoms. The predicted octanol–water partition coefficient (Wildman–Crippen LogP) is 4.55. The van der Waals surface area contributed by atoms with Crippen LogP contribution in [0, 0.1) is 17.0 Å². The van der Waals surface area contributed by atoms with E-state index in [4.69, 9.17) is 4.74 Å². The van der Waals surface area contributed by atoms with Crippen LogP contribution in [0.4, 0.5) is 5.69 Å². The topological polar surface area (TPSA) is 81.8 Å². The number of aliphatic imine (C=N–C) groups is 1. The summed E-state index contributed by atoms with van der Waals surface area (Å²) in [5.41, 5.74) is 3.03. The maximum atomic E-state index is 12.2. The van der Waals surface area contributed by atoms with Crippen molar-refractivity contribution in [1.29, 1.82) is 0 Å². The fourth-order valence-electron chi connectivity index (χ4n) is 2.81. The van der Waals surface area contributed by atoms with Gasteiger partial charge in [0.05, 0.1) is 4.92 Å². The number of hydrogen-bond acceptors (Lipinski definition) is 5. The molecule has 1 aliphatic heterocycles. The molecular weight excluding hydrogens is 344 g/mol. The second-order valence-electron chi connectivity index (χ2n) is 7.41. The van der Waals surface area contributed by atoms with Crippen LogP contribution in [0.25, 0.3) is 6.08 Å². The first-order chi connectivity index (χ1) is 12.7. The van der Waals surface area contributed by atoms with Gasteiger partial charge in [-0.1, -0.05) is 51.1 Å². The average molecular weight is 364 g/mol. The number of nitro benzene ring substituents is 1. The summed E-state index contributed by atoms with van der Waals surface area (Å²) >= 11 is 0. The van der Waals surface area contributed by atoms with Crippen molar-refractivity contribution in [1.82, 2.24) is 0 Å². The molecule has 3 rings (SSSR count). The molecule has 0 saturated heterocycles. The third-order valence-corrected chi connectivity index (χ3v) is 4.43. The van der Waals surface area contributed by atoms with Crippen molar-refractivity contribution in [2.75, 3.05) is 0 Å². The highest BCUT2D eigenvalue weighted by atomic mass is 16.6. The monoisotopic (exact) mass is 364 g/mol. The highest BCUT2D eigenvalue weighted by molar-refractivity contribution is 6.13. The van der Waals surface area contributed by atoms with Gasteiger partial charge in [0.15, 0.2) is 5.70 Å². The zero-order chi connectivity index (χ0) is 19.8. The lowest BCUT2D eigenvalue weighted by atomic mass is 9.87. The SMILES string of the molecule is Cc1c(C2=N/C(=C\c3ccc(C(C)(C)C)cc3)C(=O)O2)cccc1[N+](=O)[O-]. The first-order valence-electron chi connectivity index (χ1n) is 8.54. The van der Waals surface area contributed by atoms with E-state index < -0.39 is 10.9 Å². The molecule has 0 amide bonds. The van der Waals surface area contributed by atoms with Gasteiger partial charge in [-0.15, -0.1) is 0 Å². The molecule has 0 atom stereocenters. The summed E-state index contributed by atoms with van der Waals surface area (Å²) < 4.78 is 5.25. The van der Waals surface area contributed by atoms with Crippen molar-refractivity contribution in [3.8, 4) is 0 Å². The Balaban J connectivity index is 1.94. The molecule has 6 nitrogen and oxygen atoms in total. The van der Waals surface area contributed by atoms with Gasteiger partial charge in [-0.2, -0.15) is 0 Å². The molecule has 0 saturated carbocycles. The summed E-state index contributed by atoms with van der Waals surface area (Å²) in [6.45, 7) is 8.00. The molecule has 1 aliphatic rings. The van der Waals surface area contributed by atoms with Gasteiger partial charge >= 0.3 is 5.97 Å². The number of nitrogens with zero attached hydrogens (tertiary/aromatic N) is 2. The van der Waals surface area contributed by atoms with Gasteiger partial charge in [-0.25, -0.2) is 9.79 Å². The highest BCUT2D eigenvalue weighted by Gasteiger charge is 2.27. The van der Waals surface area contributed by atoms with E-state index in [9.17, 15) is 14.9 Å². The second-order valence-corrected chi connectivity index (χ2v) is 7.41. The first kappa shape index (κ1) is 18.5. The van der Waals surface area contributed by atoms with Crippen LogP contribution in [-0.4, -0.2) is 16.8 Å². The van der Waals surface area contributed by atoms with E-state index in [2.05, 4.69) is 25.8 Å². The molecule has 0 radical (unpaired) electrons. The first-order valence-corrected chi connectivity index (χ1v) is 8.54. The molecule has 1 heterocycles. The molecule has 0 fully saturated rings. The van der Waals surface area contributed by atoms with Gasteiger partial charge < -0.3 is 4.74 Å². The van der Waals surface area contributed by atoms with E-state index in [0.29, 0.717) is 11.1 Å². The van der Waals surface area contributed by atoms with E-state index in [0.717, 1.165) is 5.56 Å². The summed E-state index contributed by atoms with van der Waals surface area (Å²) in [6.07, 6.45) is 1.65. The zero-order valence-corrected chi connectivity index (χ0v) is 15.6. The van der Waals surface area contributed by atoms with Crippen molar-refractivity contribution in [2.24, 2.45) is 4.99 Å². The second kappa shape index (κ2) is 6.79. The summed E-state index contributed by atoms with van der Waals surface area (Å²) in [7, 11) is 0. The molecule has 0 aliphatic carbocycles. The lowest BCUT2D eigenvalue weighted by Gasteiger charge is -2.18. The van der Waals surface area contributed by atoms with Crippen LogP contribution in [-0.2, 0) is 14.9 Å². The molecule has 0 aromatic heterocycles. The van der Waals surface area contributed by atoms with E-state index >= 15 is 0 Å². The van der Waals surface area contributed by atoms with Crippen molar-refractivity contribution < 1.29 is 14.5 Å². The smallest absolute Gasteiger partial charge is 0.363 e. The maximum absolute atomic E-state index is 12.2. The molecule has 0 spiro atoms. The maximum Gasteiger partial charge on any atom is 0.363 e. The Bertz CT molecular complexity index is 980. The number of carbonyl (C=O) groups is 1. The van der Waals surface area contributed by atoms with Crippen LogP contribution >= 0.6 is 0 Å². The van der Waals surface area contributed by atoms with E-state index in [1.54, 1.807) is 25.1 Å². The predicted molar refractivity (Wildman–Crippen MR) is 104 cm³/mol. The van der Waals surface area contributed by atoms with Gasteiger partial charge in [0.25, 0.3) is 5.69 Å². The number of ether oxygens (including phenoxy) is 1. The van der Waals surface area contributed by atoms with Crippen molar-refractivity contribution in [2.45, 2.75) is 33.1 Å². The molecule has 0 bridgehead atoms. The lowest BCUT2D eigenvalue weighted by Crippen LogP contribution is -2.10. The highest BCUT2D eigenvalue weighted by Crippen LogP contribution is 2.27. The van der Waals surface area contributed by atoms with E-state index in [1.807, 2.05) is 24.3 Å². The number of cyclic esters (lactones) is 1. The lowest BCUT2D eigenvalue weighted by molar-refractivity contribution is -0.385. The number of nitro groups is 1. The van der Waals surface area contributed by atoms with Crippen molar-refractivity contribution in [3.05, 3.63) is 80.5 Å². The molecule has 0 unspecified atom stereocenters. The van der Waals surface area contributed by atoms with Gasteiger partial charge in [0.2, 0.25) is 5.90 Å². The van der Waals surface area contributed by atoms with Crippen LogP contribution in [0.5, 0.6) is 0 Å². The number of carbonyl (C=O) groups excluding carboxylic acids is 1. The van der Waals surface area contributed by atoms with Crippen molar-refractivity contribution >= 4 is 23.6 Å². The van der Waals surface area contributed by atoms with Crippen molar-refractivity contribution in [3.63, 3.8) is 0 Å². The minimum Gasteiger partial charge on any atom is -0.402 e. The van der Waals surface area contributed by atoms with Gasteiger partial charge in [-0.3, -0.25) is 10.1 Å². The molecule has 2 aromatic carbocycles. The largest absolute Gasteiger partial charge is 0.402 e. The third-order valence-electron chi connectivity index (χ3n) is 4.43. The van der Waals surface area contributed by atoms with Crippen LogP contribution in [0.15, 0.2) is 53.2 Å². The Kier molecular flexibility index (Phi) is 4.66. The molecular formula is C21H20N2O4. The van der Waals surface area contributed by atoms with Gasteiger partial charge in [-0.05, 0) is 35.6 Å². The standard InChI is InChI=1S/C21H20N2O4/c1-13-16(6-5-7-18(13)23(25)26)19-22-17(20(24)27-19)12-14-8-10-15(11-9-14)21(2,3)4/h5-12H,1-4H3/b17-12-. The fraction of sp³-hybridized carbons (Fsp3) is 0.238. The van der Waals surface area contributed by atoms with Crippen LogP contribution < -0.4 is 0 Å². The molecule has 0 N–H and O–H groups in total. The minimum absolute atomic E-state index is 0.0403. The van der Waals surface area contributed by atoms with E-state index in [-0.39, 0.29) is 22.7 Å². The molecule has 6 heteroatoms. The molecule has 2 aromatic rings. The van der Waals surface area contributed by atoms with Crippen LogP contribution in [0.1, 0.15) is 43.0 Å². The quantitative estimate of drug-likeness (QED) is 0.346. The summed E-state index contributed by atoms with van der Waals surface area (Å²) in [5, 5.41) is 11.1. The Morgan fingerprint density at radius 1 is 1.11 bits per heavy atom. The Hall–Kier alpha value is -3.28. The Morgan fingerprint density at radius 3 is 2.37 bits per heavy atom. The van der Waals surface area contributed by atoms with Crippen LogP contribution in [0.2, 0.25) is 0 Å². The Labute approximate surface area is 157 Å². The summed E-state index contributed by atoms with van der Waals surface area (Å²) in [6, 6.07) is 12.5. The number of benzene rings is 2.